The first-order valence-electron chi connectivity index (χ1n) is 5.08. The van der Waals surface area contributed by atoms with Crippen molar-refractivity contribution < 1.29 is 14.5 Å². The first-order chi connectivity index (χ1) is 8.66. The van der Waals surface area contributed by atoms with E-state index in [9.17, 15) is 14.9 Å². The Bertz CT molecular complexity index is 522. The molecule has 92 valence electrons. The Morgan fingerprint density at radius 2 is 2.11 bits per heavy atom. The van der Waals surface area contributed by atoms with Crippen molar-refractivity contribution in [3.8, 4) is 5.75 Å². The maximum Gasteiger partial charge on any atom is 0.420 e. The molecule has 1 amide bonds. The molecular formula is C11H9N3O4. The summed E-state index contributed by atoms with van der Waals surface area (Å²) in [6, 6.07) is 5.28. The van der Waals surface area contributed by atoms with E-state index in [0.29, 0.717) is 6.54 Å². The third-order valence-electron chi connectivity index (χ3n) is 2.19. The van der Waals surface area contributed by atoms with E-state index in [1.54, 1.807) is 12.3 Å². The van der Waals surface area contributed by atoms with Gasteiger partial charge in [0.1, 0.15) is 12.1 Å². The SMILES string of the molecule is O=C(Oc1ccc([N+](=O)[O-])cc1)N1C=NC=CC1. The number of nitro groups is 1. The number of nitro benzene ring substituents is 1. The Morgan fingerprint density at radius 1 is 1.39 bits per heavy atom. The summed E-state index contributed by atoms with van der Waals surface area (Å²) in [5.74, 6) is 0.244. The third kappa shape index (κ3) is 2.70. The van der Waals surface area contributed by atoms with Crippen LogP contribution in [0.5, 0.6) is 5.75 Å². The van der Waals surface area contributed by atoms with Crippen molar-refractivity contribution in [3.05, 3.63) is 46.7 Å². The Balaban J connectivity index is 2.01. The molecule has 1 aliphatic rings. The Labute approximate surface area is 102 Å². The summed E-state index contributed by atoms with van der Waals surface area (Å²) in [4.78, 5) is 26.6. The highest BCUT2D eigenvalue weighted by molar-refractivity contribution is 5.84. The van der Waals surface area contributed by atoms with E-state index < -0.39 is 11.0 Å². The van der Waals surface area contributed by atoms with E-state index in [1.165, 1.54) is 35.5 Å². The molecule has 1 aliphatic heterocycles. The van der Waals surface area contributed by atoms with Crippen LogP contribution in [-0.4, -0.2) is 28.8 Å². The van der Waals surface area contributed by atoms with Crippen LogP contribution in [-0.2, 0) is 0 Å². The zero-order valence-electron chi connectivity index (χ0n) is 9.22. The van der Waals surface area contributed by atoms with E-state index in [1.807, 2.05) is 0 Å². The summed E-state index contributed by atoms with van der Waals surface area (Å²) in [6.45, 7) is 0.384. The van der Waals surface area contributed by atoms with Crippen LogP contribution in [0.2, 0.25) is 0 Å². The zero-order valence-corrected chi connectivity index (χ0v) is 9.22. The van der Waals surface area contributed by atoms with Gasteiger partial charge in [-0.2, -0.15) is 0 Å². The molecule has 0 aliphatic carbocycles. The number of aliphatic imine (C=N–C) groups is 1. The number of nitrogens with zero attached hydrogens (tertiary/aromatic N) is 3. The molecule has 0 aromatic heterocycles. The molecule has 7 heteroatoms. The molecule has 0 fully saturated rings. The molecule has 0 bridgehead atoms. The molecular weight excluding hydrogens is 238 g/mol. The lowest BCUT2D eigenvalue weighted by atomic mass is 10.3. The first-order valence-corrected chi connectivity index (χ1v) is 5.08. The highest BCUT2D eigenvalue weighted by Gasteiger charge is 2.14. The van der Waals surface area contributed by atoms with Crippen molar-refractivity contribution in [1.29, 1.82) is 0 Å². The minimum atomic E-state index is -0.586. The molecule has 0 spiro atoms. The van der Waals surface area contributed by atoms with E-state index in [-0.39, 0.29) is 11.4 Å². The molecule has 18 heavy (non-hydrogen) atoms. The summed E-state index contributed by atoms with van der Waals surface area (Å²) in [6.07, 6.45) is 4.05. The predicted molar refractivity (Wildman–Crippen MR) is 63.5 cm³/mol. The Morgan fingerprint density at radius 3 is 2.67 bits per heavy atom. The number of hydrogen-bond acceptors (Lipinski definition) is 5. The summed E-state index contributed by atoms with van der Waals surface area (Å²) in [7, 11) is 0. The highest BCUT2D eigenvalue weighted by Crippen LogP contribution is 2.18. The maximum absolute atomic E-state index is 11.6. The van der Waals surface area contributed by atoms with Crippen LogP contribution < -0.4 is 4.74 Å². The summed E-state index contributed by atoms with van der Waals surface area (Å²) >= 11 is 0. The van der Waals surface area contributed by atoms with Gasteiger partial charge in [0.15, 0.2) is 0 Å². The molecule has 1 heterocycles. The van der Waals surface area contributed by atoms with Crippen LogP contribution in [0.1, 0.15) is 0 Å². The average Bonchev–Trinajstić information content (AvgIpc) is 2.40. The van der Waals surface area contributed by atoms with E-state index in [0.717, 1.165) is 0 Å². The summed E-state index contributed by atoms with van der Waals surface area (Å²) in [5, 5.41) is 10.4. The fourth-order valence-corrected chi connectivity index (χ4v) is 1.30. The van der Waals surface area contributed by atoms with Gasteiger partial charge in [0.05, 0.1) is 4.92 Å². The lowest BCUT2D eigenvalue weighted by Gasteiger charge is -2.16. The molecule has 7 nitrogen and oxygen atoms in total. The molecule has 0 atom stereocenters. The van der Waals surface area contributed by atoms with Crippen molar-refractivity contribution in [2.24, 2.45) is 4.99 Å². The number of ether oxygens (including phenoxy) is 1. The van der Waals surface area contributed by atoms with Gasteiger partial charge in [-0.1, -0.05) is 0 Å². The second-order valence-electron chi connectivity index (χ2n) is 3.42. The average molecular weight is 247 g/mol. The monoisotopic (exact) mass is 247 g/mol. The number of amides is 1. The van der Waals surface area contributed by atoms with Gasteiger partial charge < -0.3 is 4.74 Å². The minimum absolute atomic E-state index is 0.0581. The standard InChI is InChI=1S/C11H9N3O4/c15-11(13-7-1-6-12-8-13)18-10-4-2-9(3-5-10)14(16)17/h1-6,8H,7H2. The van der Waals surface area contributed by atoms with Gasteiger partial charge in [-0.15, -0.1) is 0 Å². The van der Waals surface area contributed by atoms with Gasteiger partial charge in [0, 0.05) is 24.9 Å². The quantitative estimate of drug-likeness (QED) is 0.590. The van der Waals surface area contributed by atoms with E-state index in [4.69, 9.17) is 4.74 Å². The fraction of sp³-hybridized carbons (Fsp3) is 0.0909. The van der Waals surface area contributed by atoms with Crippen molar-refractivity contribution in [1.82, 2.24) is 4.90 Å². The van der Waals surface area contributed by atoms with Crippen molar-refractivity contribution >= 4 is 18.1 Å². The molecule has 0 unspecified atom stereocenters. The van der Waals surface area contributed by atoms with Crippen molar-refractivity contribution in [2.45, 2.75) is 0 Å². The number of non-ortho nitro benzene ring substituents is 1. The third-order valence-corrected chi connectivity index (χ3v) is 2.19. The van der Waals surface area contributed by atoms with E-state index in [2.05, 4.69) is 4.99 Å². The van der Waals surface area contributed by atoms with Gasteiger partial charge in [0.25, 0.3) is 5.69 Å². The van der Waals surface area contributed by atoms with Gasteiger partial charge in [-0.25, -0.2) is 9.79 Å². The van der Waals surface area contributed by atoms with E-state index >= 15 is 0 Å². The predicted octanol–water partition coefficient (Wildman–Crippen LogP) is 1.95. The van der Waals surface area contributed by atoms with Crippen molar-refractivity contribution in [3.63, 3.8) is 0 Å². The van der Waals surface area contributed by atoms with Gasteiger partial charge in [-0.3, -0.25) is 15.0 Å². The lowest BCUT2D eigenvalue weighted by molar-refractivity contribution is -0.384. The number of carbonyl (C=O) groups is 1. The van der Waals surface area contributed by atoms with Crippen LogP contribution in [0.4, 0.5) is 10.5 Å². The smallest absolute Gasteiger partial charge is 0.410 e. The van der Waals surface area contributed by atoms with Crippen LogP contribution in [0.25, 0.3) is 0 Å². The maximum atomic E-state index is 11.6. The van der Waals surface area contributed by atoms with Crippen LogP contribution in [0.3, 0.4) is 0 Å². The van der Waals surface area contributed by atoms with Crippen molar-refractivity contribution in [2.75, 3.05) is 6.54 Å². The normalized spacial score (nSPS) is 13.4. The lowest BCUT2D eigenvalue weighted by Crippen LogP contribution is -2.33. The minimum Gasteiger partial charge on any atom is -0.410 e. The van der Waals surface area contributed by atoms with Gasteiger partial charge in [0.2, 0.25) is 0 Å². The molecule has 2 rings (SSSR count). The van der Waals surface area contributed by atoms with Gasteiger partial charge in [-0.05, 0) is 18.2 Å². The largest absolute Gasteiger partial charge is 0.420 e. The molecule has 0 radical (unpaired) electrons. The molecule has 0 saturated heterocycles. The number of benzene rings is 1. The fourth-order valence-electron chi connectivity index (χ4n) is 1.30. The Kier molecular flexibility index (Phi) is 3.33. The molecule has 0 saturated carbocycles. The Hall–Kier alpha value is -2.70. The molecule has 0 N–H and O–H groups in total. The van der Waals surface area contributed by atoms with Gasteiger partial charge >= 0.3 is 6.09 Å². The second-order valence-corrected chi connectivity index (χ2v) is 3.42. The van der Waals surface area contributed by atoms with Crippen LogP contribution in [0, 0.1) is 10.1 Å². The number of rotatable bonds is 2. The van der Waals surface area contributed by atoms with Crippen LogP contribution >= 0.6 is 0 Å². The summed E-state index contributed by atoms with van der Waals surface area (Å²) < 4.78 is 5.03. The topological polar surface area (TPSA) is 85.0 Å². The summed E-state index contributed by atoms with van der Waals surface area (Å²) in [5.41, 5.74) is -0.0581. The second kappa shape index (κ2) is 5.09. The molecule has 1 aromatic rings. The molecule has 1 aromatic carbocycles. The zero-order chi connectivity index (χ0) is 13.0. The highest BCUT2D eigenvalue weighted by atomic mass is 16.6. The number of carbonyl (C=O) groups excluding carboxylic acids is 1. The van der Waals surface area contributed by atoms with Crippen LogP contribution in [0.15, 0.2) is 41.5 Å². The number of hydrogen-bond donors (Lipinski definition) is 0. The first kappa shape index (κ1) is 11.8.